The lowest BCUT2D eigenvalue weighted by Crippen LogP contribution is -2.46. The molecule has 4 aliphatic rings. The molecule has 7 rings (SSSR count). The summed E-state index contributed by atoms with van der Waals surface area (Å²) in [6, 6.07) is 23.3. The molecule has 4 atom stereocenters. The van der Waals surface area contributed by atoms with Gasteiger partial charge in [-0.25, -0.2) is 0 Å². The lowest BCUT2D eigenvalue weighted by Gasteiger charge is -2.33. The highest BCUT2D eigenvalue weighted by atomic mass is 28.4. The van der Waals surface area contributed by atoms with E-state index in [1.807, 2.05) is 103 Å². The van der Waals surface area contributed by atoms with E-state index >= 15 is 4.79 Å². The first-order chi connectivity index (χ1) is 27.9. The Bertz CT molecular complexity index is 1950. The number of rotatable bonds is 11. The van der Waals surface area contributed by atoms with Crippen LogP contribution in [-0.2, 0) is 42.6 Å². The molecule has 0 radical (unpaired) electrons. The van der Waals surface area contributed by atoms with Crippen molar-refractivity contribution < 1.29 is 33.8 Å². The summed E-state index contributed by atoms with van der Waals surface area (Å²) in [5.74, 6) is -0.800. The molecule has 0 aliphatic carbocycles. The van der Waals surface area contributed by atoms with E-state index in [1.165, 1.54) is 0 Å². The topological polar surface area (TPSA) is 131 Å². The van der Waals surface area contributed by atoms with Crippen LogP contribution in [-0.4, -0.2) is 79.1 Å². The van der Waals surface area contributed by atoms with Crippen molar-refractivity contribution in [2.45, 2.75) is 121 Å². The van der Waals surface area contributed by atoms with Crippen LogP contribution in [0, 0.1) is 5.92 Å². The molecule has 4 amide bonds. The molecular formula is C46H60N4O7Si. The summed E-state index contributed by atoms with van der Waals surface area (Å²) in [6.07, 6.45) is 8.01. The molecule has 310 valence electrons. The first-order valence-electron chi connectivity index (χ1n) is 21.4. The molecule has 1 spiro atoms. The van der Waals surface area contributed by atoms with Gasteiger partial charge in [0.1, 0.15) is 0 Å². The molecule has 3 aromatic carbocycles. The van der Waals surface area contributed by atoms with E-state index < -0.39 is 31.5 Å². The average molecular weight is 809 g/mol. The van der Waals surface area contributed by atoms with Crippen LogP contribution in [0.25, 0.3) is 0 Å². The zero-order valence-electron chi connectivity index (χ0n) is 34.4. The first-order valence-corrected chi connectivity index (χ1v) is 24.4. The summed E-state index contributed by atoms with van der Waals surface area (Å²) in [6.45, 7) is 7.41. The molecule has 0 unspecified atom stereocenters. The molecule has 4 heterocycles. The van der Waals surface area contributed by atoms with Crippen molar-refractivity contribution in [3.8, 4) is 0 Å². The Morgan fingerprint density at radius 1 is 0.810 bits per heavy atom. The number of ether oxygens (including phenoxy) is 1. The molecule has 2 N–H and O–H groups in total. The lowest BCUT2D eigenvalue weighted by molar-refractivity contribution is -0.150. The number of amides is 4. The van der Waals surface area contributed by atoms with Crippen molar-refractivity contribution in [2.75, 3.05) is 40.9 Å². The van der Waals surface area contributed by atoms with Crippen LogP contribution in [0.3, 0.4) is 0 Å². The molecule has 0 aromatic heterocycles. The predicted octanol–water partition coefficient (Wildman–Crippen LogP) is 7.04. The Hall–Kier alpha value is -4.36. The third kappa shape index (κ3) is 8.52. The Morgan fingerprint density at radius 3 is 2.03 bits per heavy atom. The second kappa shape index (κ2) is 17.9. The van der Waals surface area contributed by atoms with E-state index in [4.69, 9.17) is 4.74 Å². The highest BCUT2D eigenvalue weighted by Crippen LogP contribution is 2.60. The van der Waals surface area contributed by atoms with Gasteiger partial charge < -0.3 is 34.2 Å². The summed E-state index contributed by atoms with van der Waals surface area (Å²) in [5, 5.41) is 9.96. The monoisotopic (exact) mass is 808 g/mol. The molecule has 0 saturated carbocycles. The number of nitrogens with zero attached hydrogens (tertiary/aromatic N) is 4. The van der Waals surface area contributed by atoms with Crippen molar-refractivity contribution in [3.63, 3.8) is 0 Å². The molecule has 3 fully saturated rings. The van der Waals surface area contributed by atoms with Crippen LogP contribution < -0.4 is 14.7 Å². The summed E-state index contributed by atoms with van der Waals surface area (Å²) >= 11 is 0. The molecule has 58 heavy (non-hydrogen) atoms. The number of benzene rings is 3. The summed E-state index contributed by atoms with van der Waals surface area (Å²) in [5.41, 5.74) is 2.70. The van der Waals surface area contributed by atoms with Gasteiger partial charge in [-0.1, -0.05) is 75.1 Å². The van der Waals surface area contributed by atoms with Gasteiger partial charge in [-0.15, -0.1) is 0 Å². The summed E-state index contributed by atoms with van der Waals surface area (Å²) < 4.78 is 7.09. The fourth-order valence-electron chi connectivity index (χ4n) is 9.94. The van der Waals surface area contributed by atoms with Crippen LogP contribution >= 0.6 is 0 Å². The van der Waals surface area contributed by atoms with Crippen molar-refractivity contribution in [1.29, 1.82) is 0 Å². The molecular weight excluding hydrogens is 749 g/mol. The molecule has 3 saturated heterocycles. The third-order valence-corrected chi connectivity index (χ3v) is 15.3. The van der Waals surface area contributed by atoms with Gasteiger partial charge in [0.15, 0.2) is 13.9 Å². The van der Waals surface area contributed by atoms with Crippen molar-refractivity contribution in [1.82, 2.24) is 4.90 Å². The largest absolute Gasteiger partial charge is 0.432 e. The Kier molecular flexibility index (Phi) is 12.9. The maximum absolute atomic E-state index is 15.3. The number of aliphatic hydroxyl groups excluding tert-OH is 1. The van der Waals surface area contributed by atoms with E-state index in [-0.39, 0.29) is 49.7 Å². The van der Waals surface area contributed by atoms with Crippen molar-refractivity contribution >= 4 is 49.0 Å². The lowest BCUT2D eigenvalue weighted by atomic mass is 9.82. The maximum Gasteiger partial charge on any atom is 0.264 e. The van der Waals surface area contributed by atoms with E-state index in [0.717, 1.165) is 68.2 Å². The Labute approximate surface area is 344 Å². The minimum Gasteiger partial charge on any atom is -0.432 e. The van der Waals surface area contributed by atoms with Crippen LogP contribution in [0.2, 0.25) is 18.6 Å². The molecule has 3 aromatic rings. The van der Waals surface area contributed by atoms with Crippen LogP contribution in [0.4, 0.5) is 17.1 Å². The second-order valence-corrected chi connectivity index (χ2v) is 21.2. The van der Waals surface area contributed by atoms with Crippen LogP contribution in [0.15, 0.2) is 72.8 Å². The third-order valence-electron chi connectivity index (χ3n) is 12.8. The van der Waals surface area contributed by atoms with Crippen LogP contribution in [0.5, 0.6) is 0 Å². The van der Waals surface area contributed by atoms with Crippen molar-refractivity contribution in [2.24, 2.45) is 5.92 Å². The minimum absolute atomic E-state index is 0.0570. The number of carbonyl (C=O) groups excluding carboxylic acids is 4. The van der Waals surface area contributed by atoms with Crippen molar-refractivity contribution in [3.05, 3.63) is 89.5 Å². The minimum atomic E-state index is -3.10. The van der Waals surface area contributed by atoms with Gasteiger partial charge in [0, 0.05) is 67.4 Å². The van der Waals surface area contributed by atoms with E-state index in [0.29, 0.717) is 49.4 Å². The zero-order valence-corrected chi connectivity index (χ0v) is 35.4. The smallest absolute Gasteiger partial charge is 0.264 e. The second-order valence-electron chi connectivity index (χ2n) is 17.3. The van der Waals surface area contributed by atoms with E-state index in [9.17, 15) is 24.3 Å². The van der Waals surface area contributed by atoms with E-state index in [2.05, 4.69) is 0 Å². The number of hydrogen-bond donors (Lipinski definition) is 2. The quantitative estimate of drug-likeness (QED) is 0.199. The Morgan fingerprint density at radius 2 is 1.41 bits per heavy atom. The Balaban J connectivity index is 1.25. The predicted molar refractivity (Wildman–Crippen MR) is 228 cm³/mol. The SMILES string of the molecule is C[C@@H]1[C@@H]([Si](C)(C)O)[C@H](CC(=O)N(CCO)Cc2ccccc2)O[C@@]12C(=O)N(Cc1ccc(N3CCCCCCC3=O)cc1)c1ccc(N3CCCCCCC3=O)cc12. The van der Waals surface area contributed by atoms with Gasteiger partial charge in [0.05, 0.1) is 31.4 Å². The van der Waals surface area contributed by atoms with Gasteiger partial charge in [-0.2, -0.15) is 0 Å². The number of hydrogen-bond acceptors (Lipinski definition) is 7. The summed E-state index contributed by atoms with van der Waals surface area (Å²) in [7, 11) is -3.10. The highest BCUT2D eigenvalue weighted by molar-refractivity contribution is 6.71. The fraction of sp³-hybridized carbons (Fsp3) is 0.522. The molecule has 12 heteroatoms. The molecule has 11 nitrogen and oxygen atoms in total. The zero-order chi connectivity index (χ0) is 41.0. The number of carbonyl (C=O) groups is 4. The number of aliphatic hydroxyl groups is 1. The van der Waals surface area contributed by atoms with Gasteiger partial charge in [0.2, 0.25) is 17.7 Å². The fourth-order valence-corrected chi connectivity index (χ4v) is 12.5. The van der Waals surface area contributed by atoms with Gasteiger partial charge in [-0.05, 0) is 80.2 Å². The maximum atomic E-state index is 15.3. The average Bonchev–Trinajstić information content (AvgIpc) is 3.61. The number of fused-ring (bicyclic) bond motifs is 2. The highest BCUT2D eigenvalue weighted by Gasteiger charge is 2.66. The van der Waals surface area contributed by atoms with E-state index in [1.54, 1.807) is 9.80 Å². The van der Waals surface area contributed by atoms with Gasteiger partial charge in [0.25, 0.3) is 5.91 Å². The molecule has 0 bridgehead atoms. The standard InChI is InChI=1S/C46H60N4O7Si/c1-33-44(58(2,3)56)40(30-43(54)47(27-28-51)31-34-15-9-8-10-16-34)57-46(33)38-29-37(49-26-14-7-5-12-18-42(49)53)23-24-39(38)50(45(46)55)32-35-19-21-36(22-20-35)48-25-13-6-4-11-17-41(48)52/h8-10,15-16,19-24,29,33,40,44,51,56H,4-7,11-14,17-18,25-28,30-32H2,1-3H3/t33-,40+,44-,46+/m1/s1. The van der Waals surface area contributed by atoms with Gasteiger partial charge in [-0.3, -0.25) is 19.2 Å². The number of anilines is 3. The molecule has 4 aliphatic heterocycles. The van der Waals surface area contributed by atoms with Crippen LogP contribution in [0.1, 0.15) is 94.2 Å². The first kappa shape index (κ1) is 41.8. The normalized spacial score (nSPS) is 24.4. The summed E-state index contributed by atoms with van der Waals surface area (Å²) in [4.78, 5) is 75.1. The van der Waals surface area contributed by atoms with Gasteiger partial charge >= 0.3 is 0 Å².